The van der Waals surface area contributed by atoms with Crippen LogP contribution in [-0.2, 0) is 6.42 Å². The van der Waals surface area contributed by atoms with Gasteiger partial charge in [-0.15, -0.1) is 0 Å². The summed E-state index contributed by atoms with van der Waals surface area (Å²) in [6.07, 6.45) is 0.349. The van der Waals surface area contributed by atoms with Gasteiger partial charge in [0.1, 0.15) is 5.82 Å². The zero-order chi connectivity index (χ0) is 9.84. The monoisotopic (exact) mass is 247 g/mol. The largest absolute Gasteiger partial charge is 0.395 e. The molecule has 0 amide bonds. The van der Waals surface area contributed by atoms with Gasteiger partial charge in [-0.1, -0.05) is 15.9 Å². The van der Waals surface area contributed by atoms with Crippen LogP contribution in [-0.4, -0.2) is 17.8 Å². The van der Waals surface area contributed by atoms with Crippen molar-refractivity contribution in [3.63, 3.8) is 0 Å². The van der Waals surface area contributed by atoms with Crippen molar-refractivity contribution in [3.8, 4) is 0 Å². The second-order valence-electron chi connectivity index (χ2n) is 2.88. The minimum atomic E-state index is -0.399. The first kappa shape index (κ1) is 10.6. The fourth-order valence-electron chi connectivity index (χ4n) is 1.05. The summed E-state index contributed by atoms with van der Waals surface area (Å²) in [6, 6.07) is 4.28. The lowest BCUT2D eigenvalue weighted by molar-refractivity contribution is 0.264. The molecule has 0 saturated carbocycles. The molecule has 0 unspecified atom stereocenters. The summed E-state index contributed by atoms with van der Waals surface area (Å²) in [6.45, 7) is -0.133. The highest BCUT2D eigenvalue weighted by Crippen LogP contribution is 2.16. The highest BCUT2D eigenvalue weighted by atomic mass is 79.9. The van der Waals surface area contributed by atoms with Crippen molar-refractivity contribution in [2.75, 3.05) is 6.61 Å². The summed E-state index contributed by atoms with van der Waals surface area (Å²) < 4.78 is 13.9. The van der Waals surface area contributed by atoms with Crippen molar-refractivity contribution in [1.82, 2.24) is 0 Å². The minimum absolute atomic E-state index is 0.133. The molecule has 1 atom stereocenters. The first-order chi connectivity index (χ1) is 6.13. The topological polar surface area (TPSA) is 46.2 Å². The second kappa shape index (κ2) is 4.69. The van der Waals surface area contributed by atoms with Gasteiger partial charge in [-0.05, 0) is 30.2 Å². The van der Waals surface area contributed by atoms with Gasteiger partial charge < -0.3 is 10.8 Å². The van der Waals surface area contributed by atoms with E-state index in [1.165, 1.54) is 6.07 Å². The second-order valence-corrected chi connectivity index (χ2v) is 3.80. The molecule has 4 heteroatoms. The number of aliphatic hydroxyl groups is 1. The molecule has 0 bridgehead atoms. The van der Waals surface area contributed by atoms with E-state index < -0.39 is 6.04 Å². The number of hydrogen-bond acceptors (Lipinski definition) is 2. The Morgan fingerprint density at radius 2 is 2.23 bits per heavy atom. The number of nitrogens with two attached hydrogens (primary N) is 1. The van der Waals surface area contributed by atoms with Crippen LogP contribution in [0.15, 0.2) is 22.7 Å². The van der Waals surface area contributed by atoms with Crippen LogP contribution >= 0.6 is 15.9 Å². The zero-order valence-corrected chi connectivity index (χ0v) is 8.59. The van der Waals surface area contributed by atoms with E-state index >= 15 is 0 Å². The number of benzene rings is 1. The lowest BCUT2D eigenvalue weighted by atomic mass is 10.1. The third-order valence-corrected chi connectivity index (χ3v) is 2.22. The molecule has 13 heavy (non-hydrogen) atoms. The maximum absolute atomic E-state index is 13.1. The molecule has 1 aromatic rings. The molecule has 0 spiro atoms. The van der Waals surface area contributed by atoms with Crippen molar-refractivity contribution in [1.29, 1.82) is 0 Å². The van der Waals surface area contributed by atoms with E-state index in [-0.39, 0.29) is 12.4 Å². The molecular formula is C9H11BrFNO. The van der Waals surface area contributed by atoms with E-state index in [0.717, 1.165) is 4.47 Å². The van der Waals surface area contributed by atoms with Crippen LogP contribution in [0.5, 0.6) is 0 Å². The Kier molecular flexibility index (Phi) is 3.84. The standard InChI is InChI=1S/C9H11BrFNO/c10-7-1-2-9(11)6(3-7)4-8(12)5-13/h1-3,8,13H,4-5,12H2/t8-/m1/s1. The Hall–Kier alpha value is -0.450. The van der Waals surface area contributed by atoms with Gasteiger partial charge in [-0.25, -0.2) is 4.39 Å². The molecule has 0 aliphatic heterocycles. The molecule has 0 aliphatic carbocycles. The van der Waals surface area contributed by atoms with E-state index in [2.05, 4.69) is 15.9 Å². The molecule has 2 nitrogen and oxygen atoms in total. The van der Waals surface area contributed by atoms with Crippen molar-refractivity contribution in [2.45, 2.75) is 12.5 Å². The molecule has 0 fully saturated rings. The zero-order valence-electron chi connectivity index (χ0n) is 7.00. The Bertz CT molecular complexity index is 293. The fraction of sp³-hybridized carbons (Fsp3) is 0.333. The van der Waals surface area contributed by atoms with Crippen LogP contribution in [0.3, 0.4) is 0 Å². The van der Waals surface area contributed by atoms with Crippen molar-refractivity contribution >= 4 is 15.9 Å². The van der Waals surface area contributed by atoms with Gasteiger partial charge >= 0.3 is 0 Å². The van der Waals surface area contributed by atoms with Gasteiger partial charge in [0, 0.05) is 10.5 Å². The van der Waals surface area contributed by atoms with Gasteiger partial charge in [-0.2, -0.15) is 0 Å². The Balaban J connectivity index is 2.81. The fourth-order valence-corrected chi connectivity index (χ4v) is 1.46. The number of hydrogen-bond donors (Lipinski definition) is 2. The lowest BCUT2D eigenvalue weighted by Crippen LogP contribution is -2.27. The number of aliphatic hydroxyl groups excluding tert-OH is 1. The Morgan fingerprint density at radius 3 is 2.85 bits per heavy atom. The molecule has 0 radical (unpaired) electrons. The minimum Gasteiger partial charge on any atom is -0.395 e. The maximum Gasteiger partial charge on any atom is 0.126 e. The first-order valence-corrected chi connectivity index (χ1v) is 4.73. The van der Waals surface area contributed by atoms with Gasteiger partial charge in [0.15, 0.2) is 0 Å². The highest BCUT2D eigenvalue weighted by Gasteiger charge is 2.07. The summed E-state index contributed by atoms with van der Waals surface area (Å²) in [5, 5.41) is 8.70. The van der Waals surface area contributed by atoms with Gasteiger partial charge in [-0.3, -0.25) is 0 Å². The quantitative estimate of drug-likeness (QED) is 0.850. The maximum atomic E-state index is 13.1. The summed E-state index contributed by atoms with van der Waals surface area (Å²) in [5.74, 6) is -0.285. The van der Waals surface area contributed by atoms with Crippen LogP contribution < -0.4 is 5.73 Å². The normalized spacial score (nSPS) is 12.9. The smallest absolute Gasteiger partial charge is 0.126 e. The van der Waals surface area contributed by atoms with Crippen LogP contribution in [0.2, 0.25) is 0 Å². The first-order valence-electron chi connectivity index (χ1n) is 3.94. The van der Waals surface area contributed by atoms with E-state index in [1.807, 2.05) is 0 Å². The molecule has 0 aliphatic rings. The number of rotatable bonds is 3. The molecule has 3 N–H and O–H groups in total. The van der Waals surface area contributed by atoms with Crippen molar-refractivity contribution in [2.24, 2.45) is 5.73 Å². The molecule has 1 aromatic carbocycles. The van der Waals surface area contributed by atoms with Gasteiger partial charge in [0.2, 0.25) is 0 Å². The van der Waals surface area contributed by atoms with Crippen LogP contribution in [0.1, 0.15) is 5.56 Å². The Morgan fingerprint density at radius 1 is 1.54 bits per heavy atom. The van der Waals surface area contributed by atoms with Crippen LogP contribution in [0.4, 0.5) is 4.39 Å². The molecular weight excluding hydrogens is 237 g/mol. The average Bonchev–Trinajstić information content (AvgIpc) is 2.11. The molecule has 0 aromatic heterocycles. The van der Waals surface area contributed by atoms with Gasteiger partial charge in [0.25, 0.3) is 0 Å². The number of halogens is 2. The summed E-state index contributed by atoms with van der Waals surface area (Å²) >= 11 is 3.24. The third kappa shape index (κ3) is 3.06. The summed E-state index contributed by atoms with van der Waals surface area (Å²) in [7, 11) is 0. The van der Waals surface area contributed by atoms with E-state index in [1.54, 1.807) is 12.1 Å². The molecule has 72 valence electrons. The van der Waals surface area contributed by atoms with E-state index in [4.69, 9.17) is 10.8 Å². The molecule has 0 heterocycles. The summed E-state index contributed by atoms with van der Waals surface area (Å²) in [4.78, 5) is 0. The predicted molar refractivity (Wildman–Crippen MR) is 52.9 cm³/mol. The SMILES string of the molecule is N[C@@H](CO)Cc1cc(Br)ccc1F. The average molecular weight is 248 g/mol. The van der Waals surface area contributed by atoms with Crippen LogP contribution in [0, 0.1) is 5.82 Å². The van der Waals surface area contributed by atoms with Crippen LogP contribution in [0.25, 0.3) is 0 Å². The molecule has 0 saturated heterocycles. The highest BCUT2D eigenvalue weighted by molar-refractivity contribution is 9.10. The van der Waals surface area contributed by atoms with Gasteiger partial charge in [0.05, 0.1) is 6.61 Å². The predicted octanol–water partition coefficient (Wildman–Crippen LogP) is 1.45. The van der Waals surface area contributed by atoms with E-state index in [0.29, 0.717) is 12.0 Å². The molecule has 1 rings (SSSR count). The summed E-state index contributed by atoms with van der Waals surface area (Å²) in [5.41, 5.74) is 6.02. The van der Waals surface area contributed by atoms with E-state index in [9.17, 15) is 4.39 Å². The lowest BCUT2D eigenvalue weighted by Gasteiger charge is -2.08. The van der Waals surface area contributed by atoms with Crippen molar-refractivity contribution < 1.29 is 9.50 Å². The Labute approximate surface area is 84.7 Å². The third-order valence-electron chi connectivity index (χ3n) is 1.72. The van der Waals surface area contributed by atoms with Crippen molar-refractivity contribution in [3.05, 3.63) is 34.1 Å².